The van der Waals surface area contributed by atoms with Gasteiger partial charge < -0.3 is 35.6 Å². The van der Waals surface area contributed by atoms with Gasteiger partial charge in [-0.15, -0.1) is 22.9 Å². The van der Waals surface area contributed by atoms with E-state index in [4.69, 9.17) is 44.0 Å². The molecule has 0 radical (unpaired) electrons. The van der Waals surface area contributed by atoms with Crippen molar-refractivity contribution in [3.8, 4) is 0 Å². The lowest BCUT2D eigenvalue weighted by atomic mass is 9.71. The fourth-order valence-corrected chi connectivity index (χ4v) is 9.79. The van der Waals surface area contributed by atoms with Crippen molar-refractivity contribution in [2.45, 2.75) is 87.1 Å². The first-order valence-electron chi connectivity index (χ1n) is 20.0. The summed E-state index contributed by atoms with van der Waals surface area (Å²) in [7, 11) is 4.39. The topological polar surface area (TPSA) is 105 Å². The molecular formula is C42H59ClF2N6O3S2. The number of thiazole rings is 1. The molecule has 2 atom stereocenters. The maximum absolute atomic E-state index is 14.6. The van der Waals surface area contributed by atoms with Gasteiger partial charge in [-0.2, -0.15) is 0 Å². The van der Waals surface area contributed by atoms with Crippen LogP contribution < -0.4 is 16.4 Å². The van der Waals surface area contributed by atoms with Crippen molar-refractivity contribution in [3.05, 3.63) is 82.4 Å². The Bertz CT molecular complexity index is 1690. The number of hydrogen-bond donors (Lipinski definition) is 3. The second kappa shape index (κ2) is 21.8. The van der Waals surface area contributed by atoms with Gasteiger partial charge in [0.15, 0.2) is 16.0 Å². The van der Waals surface area contributed by atoms with Crippen molar-refractivity contribution in [3.63, 3.8) is 0 Å². The zero-order valence-electron chi connectivity index (χ0n) is 32.9. The summed E-state index contributed by atoms with van der Waals surface area (Å²) in [6, 6.07) is 15.0. The van der Waals surface area contributed by atoms with E-state index in [9.17, 15) is 13.6 Å². The third kappa shape index (κ3) is 11.4. The normalized spacial score (nSPS) is 21.9. The van der Waals surface area contributed by atoms with Crippen LogP contribution in [0.25, 0.3) is 0 Å². The Morgan fingerprint density at radius 3 is 1.95 bits per heavy atom. The number of Topliss-reactive ketones (excluding diaryl/α,β-unsaturated/α-hetero) is 1. The molecule has 5 heterocycles. The number of thiocarbonyl (C=S) groups is 1. The number of ketones is 1. The number of nitrogens with zero attached hydrogens (tertiary/aromatic N) is 3. The van der Waals surface area contributed by atoms with Gasteiger partial charge in [-0.25, -0.2) is 13.8 Å². The summed E-state index contributed by atoms with van der Waals surface area (Å²) in [5, 5.41) is 9.92. The molecule has 0 amide bonds. The second-order valence-corrected chi connectivity index (χ2v) is 16.9. The smallest absolute Gasteiger partial charge is 0.182 e. The van der Waals surface area contributed by atoms with E-state index in [-0.39, 0.29) is 28.7 Å². The van der Waals surface area contributed by atoms with Crippen molar-refractivity contribution >= 4 is 51.2 Å². The van der Waals surface area contributed by atoms with Gasteiger partial charge in [-0.1, -0.05) is 36.4 Å². The number of benzene rings is 2. The molecular weight excluding hydrogens is 774 g/mol. The standard InChI is InChI=1S/C21H28FN3OS.C13H14ClFO2.C8H17N3S/c1-25-12-4-5-16(25)8-11-23-20-24-19(15-27-20)21(9-13-26-14-10-21)17-6-2-3-7-18(17)22;14-9-12(16)13(5-7-17-8-6-13)10-3-1-2-4-11(10)15;1-11-6-2-3-7(11)4-5-10-8(9)12/h2-3,6-7,15-16H,4-5,8-14H2,1H3,(H,23,24);1-4H,5-9H2;7H,2-6H2,1H3,(H3,9,10,12). The number of rotatable bonds is 12. The summed E-state index contributed by atoms with van der Waals surface area (Å²) < 4.78 is 39.4. The van der Waals surface area contributed by atoms with Gasteiger partial charge in [0.05, 0.1) is 17.0 Å². The molecule has 308 valence electrons. The first kappa shape index (κ1) is 44.3. The third-order valence-corrected chi connectivity index (χ3v) is 13.2. The number of nitrogens with two attached hydrogens (primary N) is 1. The van der Waals surface area contributed by atoms with Gasteiger partial charge in [0.25, 0.3) is 0 Å². The van der Waals surface area contributed by atoms with E-state index in [0.717, 1.165) is 61.2 Å². The first-order valence-corrected chi connectivity index (χ1v) is 21.8. The fraction of sp³-hybridized carbons (Fsp3) is 0.595. The van der Waals surface area contributed by atoms with Gasteiger partial charge >= 0.3 is 0 Å². The van der Waals surface area contributed by atoms with Crippen molar-refractivity contribution in [1.29, 1.82) is 0 Å². The minimum absolute atomic E-state index is 0.0890. The number of anilines is 1. The SMILES string of the molecule is CN1CCCC1CCNC(N)=S.CN1CCCC1CCNc1nc(C2(c3ccccc3F)CCOCC2)cs1.O=C(CCl)C1(c2ccccc2F)CCOCC1. The number of ether oxygens (including phenoxy) is 2. The van der Waals surface area contributed by atoms with Gasteiger partial charge in [0.1, 0.15) is 11.6 Å². The monoisotopic (exact) mass is 832 g/mol. The van der Waals surface area contributed by atoms with Crippen molar-refractivity contribution < 1.29 is 23.0 Å². The Labute approximate surface area is 346 Å². The van der Waals surface area contributed by atoms with Crippen LogP contribution in [0.2, 0.25) is 0 Å². The van der Waals surface area contributed by atoms with E-state index in [0.29, 0.717) is 56.0 Å². The Hall–Kier alpha value is -2.78. The molecule has 2 aromatic carbocycles. The number of likely N-dealkylation sites (tertiary alicyclic amines) is 2. The summed E-state index contributed by atoms with van der Waals surface area (Å²) in [5.74, 6) is -0.694. The van der Waals surface area contributed by atoms with Gasteiger partial charge in [-0.05, 0) is 116 Å². The highest BCUT2D eigenvalue weighted by Crippen LogP contribution is 2.43. The Kier molecular flexibility index (Phi) is 17.3. The molecule has 1 aromatic heterocycles. The largest absolute Gasteiger partial charge is 0.381 e. The molecule has 2 unspecified atom stereocenters. The molecule has 4 aliphatic heterocycles. The number of aromatic nitrogens is 1. The fourth-order valence-electron chi connectivity index (χ4n) is 8.60. The molecule has 3 aromatic rings. The summed E-state index contributed by atoms with van der Waals surface area (Å²) in [5.41, 5.74) is 6.31. The lowest BCUT2D eigenvalue weighted by Crippen LogP contribution is -2.42. The molecule has 4 saturated heterocycles. The molecule has 0 saturated carbocycles. The van der Waals surface area contributed by atoms with Crippen LogP contribution >= 0.6 is 35.2 Å². The minimum Gasteiger partial charge on any atom is -0.381 e. The van der Waals surface area contributed by atoms with E-state index in [1.54, 1.807) is 41.7 Å². The van der Waals surface area contributed by atoms with Crippen LogP contribution in [0.15, 0.2) is 53.9 Å². The lowest BCUT2D eigenvalue weighted by molar-refractivity contribution is -0.125. The molecule has 4 N–H and O–H groups in total. The lowest BCUT2D eigenvalue weighted by Gasteiger charge is -2.36. The van der Waals surface area contributed by atoms with Crippen molar-refractivity contribution in [2.24, 2.45) is 5.73 Å². The first-order chi connectivity index (χ1) is 27.1. The van der Waals surface area contributed by atoms with Crippen LogP contribution in [0.5, 0.6) is 0 Å². The molecule has 4 aliphatic rings. The molecule has 0 aliphatic carbocycles. The average Bonchev–Trinajstić information content (AvgIpc) is 3.97. The van der Waals surface area contributed by atoms with Gasteiger partial charge in [-0.3, -0.25) is 4.79 Å². The molecule has 56 heavy (non-hydrogen) atoms. The summed E-state index contributed by atoms with van der Waals surface area (Å²) in [6.07, 6.45) is 10.1. The Balaban J connectivity index is 0.000000177. The van der Waals surface area contributed by atoms with Crippen molar-refractivity contribution in [2.75, 3.05) is 77.9 Å². The number of nitrogens with one attached hydrogen (secondary N) is 2. The highest BCUT2D eigenvalue weighted by molar-refractivity contribution is 7.80. The summed E-state index contributed by atoms with van der Waals surface area (Å²) >= 11 is 12.0. The third-order valence-electron chi connectivity index (χ3n) is 12.0. The average molecular weight is 834 g/mol. The van der Waals surface area contributed by atoms with Crippen LogP contribution in [-0.2, 0) is 25.1 Å². The summed E-state index contributed by atoms with van der Waals surface area (Å²) in [6.45, 7) is 6.50. The predicted octanol–water partition coefficient (Wildman–Crippen LogP) is 7.26. The van der Waals surface area contributed by atoms with Crippen molar-refractivity contribution in [1.82, 2.24) is 20.1 Å². The van der Waals surface area contributed by atoms with E-state index < -0.39 is 5.41 Å². The Morgan fingerprint density at radius 1 is 0.893 bits per heavy atom. The van der Waals surface area contributed by atoms with Crippen LogP contribution in [0, 0.1) is 11.6 Å². The number of hydrogen-bond acceptors (Lipinski definition) is 9. The second-order valence-electron chi connectivity index (χ2n) is 15.3. The highest BCUT2D eigenvalue weighted by Gasteiger charge is 2.43. The van der Waals surface area contributed by atoms with Gasteiger partial charge in [0.2, 0.25) is 0 Å². The van der Waals surface area contributed by atoms with E-state index in [2.05, 4.69) is 39.9 Å². The molecule has 0 bridgehead atoms. The van der Waals surface area contributed by atoms with Crippen LogP contribution in [0.3, 0.4) is 0 Å². The molecule has 7 rings (SSSR count). The molecule has 0 spiro atoms. The number of alkyl halides is 1. The zero-order chi connectivity index (χ0) is 40.0. The molecule has 9 nitrogen and oxygen atoms in total. The van der Waals surface area contributed by atoms with Crippen LogP contribution in [0.1, 0.15) is 81.0 Å². The molecule has 4 fully saturated rings. The maximum Gasteiger partial charge on any atom is 0.182 e. The minimum atomic E-state index is -0.800. The van der Waals surface area contributed by atoms with Crippen LogP contribution in [0.4, 0.5) is 13.9 Å². The van der Waals surface area contributed by atoms with E-state index in [1.165, 1.54) is 44.8 Å². The predicted molar refractivity (Wildman–Crippen MR) is 227 cm³/mol. The van der Waals surface area contributed by atoms with E-state index >= 15 is 0 Å². The highest BCUT2D eigenvalue weighted by atomic mass is 35.5. The number of halogens is 3. The summed E-state index contributed by atoms with van der Waals surface area (Å²) in [4.78, 5) is 21.8. The van der Waals surface area contributed by atoms with E-state index in [1.807, 2.05) is 12.1 Å². The maximum atomic E-state index is 14.6. The van der Waals surface area contributed by atoms with Gasteiger partial charge in [0, 0.05) is 73.5 Å². The zero-order valence-corrected chi connectivity index (χ0v) is 35.3. The number of carbonyl (C=O) groups excluding carboxylic acids is 1. The Morgan fingerprint density at radius 2 is 1.43 bits per heavy atom. The number of carbonyl (C=O) groups is 1. The quantitative estimate of drug-likeness (QED) is 0.128. The molecule has 14 heteroatoms. The van der Waals surface area contributed by atoms with Crippen LogP contribution in [-0.4, -0.2) is 110 Å².